The van der Waals surface area contributed by atoms with Crippen molar-refractivity contribution in [2.24, 2.45) is 0 Å². The number of halogens is 1. The van der Waals surface area contributed by atoms with Crippen molar-refractivity contribution >= 4 is 28.8 Å². The number of carbonyl (C=O) groups is 1. The summed E-state index contributed by atoms with van der Waals surface area (Å²) in [6, 6.07) is 0. The van der Waals surface area contributed by atoms with Crippen molar-refractivity contribution < 1.29 is 14.1 Å². The molecule has 2 heterocycles. The molecule has 102 valence electrons. The van der Waals surface area contributed by atoms with Gasteiger partial charge in [-0.3, -0.25) is 0 Å². The molecule has 0 unspecified atom stereocenters. The number of aromatic nitrogens is 3. The SMILES string of the molecule is CCCCCCOC(=O)c1noc2ncc(Cl)nc12. The molecule has 0 N–H and O–H groups in total. The minimum absolute atomic E-state index is 0.0143. The Hall–Kier alpha value is -1.69. The lowest BCUT2D eigenvalue weighted by Gasteiger charge is -2.01. The second-order valence-corrected chi connectivity index (χ2v) is 4.46. The van der Waals surface area contributed by atoms with Crippen molar-refractivity contribution in [1.29, 1.82) is 0 Å². The highest BCUT2D eigenvalue weighted by Crippen LogP contribution is 2.17. The van der Waals surface area contributed by atoms with Gasteiger partial charge < -0.3 is 9.26 Å². The Bertz CT molecular complexity index is 570. The number of carbonyl (C=O) groups excluding carboxylic acids is 1. The molecule has 0 bridgehead atoms. The largest absolute Gasteiger partial charge is 0.461 e. The molecule has 2 rings (SSSR count). The van der Waals surface area contributed by atoms with Crippen LogP contribution in [0.5, 0.6) is 0 Å². The quantitative estimate of drug-likeness (QED) is 0.599. The van der Waals surface area contributed by atoms with E-state index in [1.807, 2.05) is 0 Å². The zero-order chi connectivity index (χ0) is 13.7. The van der Waals surface area contributed by atoms with Crippen LogP contribution >= 0.6 is 11.6 Å². The van der Waals surface area contributed by atoms with Gasteiger partial charge >= 0.3 is 5.97 Å². The van der Waals surface area contributed by atoms with E-state index in [-0.39, 0.29) is 22.1 Å². The van der Waals surface area contributed by atoms with Crippen molar-refractivity contribution in [3.63, 3.8) is 0 Å². The Morgan fingerprint density at radius 3 is 3.05 bits per heavy atom. The lowest BCUT2D eigenvalue weighted by Crippen LogP contribution is -2.07. The van der Waals surface area contributed by atoms with Crippen LogP contribution in [0, 0.1) is 0 Å². The predicted octanol–water partition coefficient (Wildman–Crippen LogP) is 3.01. The first-order valence-electron chi connectivity index (χ1n) is 6.17. The van der Waals surface area contributed by atoms with E-state index in [1.54, 1.807) is 0 Å². The Kier molecular flexibility index (Phi) is 4.68. The molecule has 7 heteroatoms. The highest BCUT2D eigenvalue weighted by Gasteiger charge is 2.20. The van der Waals surface area contributed by atoms with Crippen LogP contribution in [-0.4, -0.2) is 27.7 Å². The van der Waals surface area contributed by atoms with Crippen LogP contribution in [0.2, 0.25) is 5.15 Å². The number of esters is 1. The van der Waals surface area contributed by atoms with E-state index in [9.17, 15) is 4.79 Å². The number of ether oxygens (including phenoxy) is 1. The summed E-state index contributed by atoms with van der Waals surface area (Å²) < 4.78 is 10.00. The summed E-state index contributed by atoms with van der Waals surface area (Å²) in [4.78, 5) is 19.6. The minimum Gasteiger partial charge on any atom is -0.461 e. The number of nitrogens with zero attached hydrogens (tertiary/aromatic N) is 3. The van der Waals surface area contributed by atoms with Crippen molar-refractivity contribution in [3.05, 3.63) is 17.0 Å². The maximum atomic E-state index is 11.8. The van der Waals surface area contributed by atoms with Gasteiger partial charge in [-0.15, -0.1) is 0 Å². The van der Waals surface area contributed by atoms with Crippen LogP contribution < -0.4 is 0 Å². The molecule has 0 aliphatic rings. The molecule has 0 radical (unpaired) electrons. The van der Waals surface area contributed by atoms with E-state index in [4.69, 9.17) is 20.9 Å². The third-order valence-corrected chi connectivity index (χ3v) is 2.76. The molecule has 0 aliphatic heterocycles. The van der Waals surface area contributed by atoms with E-state index in [0.717, 1.165) is 25.7 Å². The zero-order valence-corrected chi connectivity index (χ0v) is 11.3. The molecule has 0 spiro atoms. The number of fused-ring (bicyclic) bond motifs is 1. The fourth-order valence-electron chi connectivity index (χ4n) is 1.61. The molecule has 0 atom stereocenters. The summed E-state index contributed by atoms with van der Waals surface area (Å²) in [5, 5.41) is 3.79. The van der Waals surface area contributed by atoms with Gasteiger partial charge in [0.2, 0.25) is 5.69 Å². The van der Waals surface area contributed by atoms with Crippen LogP contribution in [0.4, 0.5) is 0 Å². The number of rotatable bonds is 6. The third-order valence-electron chi connectivity index (χ3n) is 2.58. The first-order valence-corrected chi connectivity index (χ1v) is 6.55. The zero-order valence-electron chi connectivity index (χ0n) is 10.6. The summed E-state index contributed by atoms with van der Waals surface area (Å²) in [5.74, 6) is -0.563. The average Bonchev–Trinajstić information content (AvgIpc) is 2.81. The van der Waals surface area contributed by atoms with Gasteiger partial charge in [-0.05, 0) is 6.42 Å². The smallest absolute Gasteiger partial charge is 0.362 e. The standard InChI is InChI=1S/C12H14ClN3O3/c1-2-3-4-5-6-18-12(17)10-9-11(19-16-10)14-7-8(13)15-9/h7H,2-6H2,1H3. The van der Waals surface area contributed by atoms with Crippen LogP contribution in [0.1, 0.15) is 43.1 Å². The predicted molar refractivity (Wildman–Crippen MR) is 69.0 cm³/mol. The second-order valence-electron chi connectivity index (χ2n) is 4.07. The molecule has 2 aromatic heterocycles. The van der Waals surface area contributed by atoms with Gasteiger partial charge in [0.1, 0.15) is 5.15 Å². The lowest BCUT2D eigenvalue weighted by atomic mass is 10.2. The number of hydrogen-bond donors (Lipinski definition) is 0. The molecule has 2 aromatic rings. The third kappa shape index (κ3) is 3.41. The van der Waals surface area contributed by atoms with Crippen molar-refractivity contribution in [1.82, 2.24) is 15.1 Å². The Morgan fingerprint density at radius 2 is 2.26 bits per heavy atom. The summed E-state index contributed by atoms with van der Waals surface area (Å²) in [5.41, 5.74) is 0.411. The van der Waals surface area contributed by atoms with Crippen molar-refractivity contribution in [2.75, 3.05) is 6.61 Å². The second kappa shape index (κ2) is 6.47. The van der Waals surface area contributed by atoms with Crippen molar-refractivity contribution in [2.45, 2.75) is 32.6 Å². The fourth-order valence-corrected chi connectivity index (χ4v) is 1.74. The van der Waals surface area contributed by atoms with E-state index in [0.29, 0.717) is 6.61 Å². The van der Waals surface area contributed by atoms with Gasteiger partial charge in [0.15, 0.2) is 5.52 Å². The van der Waals surface area contributed by atoms with E-state index >= 15 is 0 Å². The van der Waals surface area contributed by atoms with Crippen molar-refractivity contribution in [3.8, 4) is 0 Å². The molecule has 0 saturated carbocycles. The van der Waals surface area contributed by atoms with Crippen LogP contribution in [0.15, 0.2) is 10.7 Å². The van der Waals surface area contributed by atoms with E-state index in [1.165, 1.54) is 6.20 Å². The highest BCUT2D eigenvalue weighted by molar-refractivity contribution is 6.29. The lowest BCUT2D eigenvalue weighted by molar-refractivity contribution is 0.0488. The molecule has 0 saturated heterocycles. The molecule has 0 aromatic carbocycles. The Labute approximate surface area is 115 Å². The normalized spacial score (nSPS) is 10.8. The Morgan fingerprint density at radius 1 is 1.42 bits per heavy atom. The van der Waals surface area contributed by atoms with Gasteiger partial charge in [-0.2, -0.15) is 0 Å². The summed E-state index contributed by atoms with van der Waals surface area (Å²) >= 11 is 5.72. The highest BCUT2D eigenvalue weighted by atomic mass is 35.5. The van der Waals surface area contributed by atoms with Gasteiger partial charge in [-0.25, -0.2) is 14.8 Å². The monoisotopic (exact) mass is 283 g/mol. The first kappa shape index (κ1) is 13.7. The fraction of sp³-hybridized carbons (Fsp3) is 0.500. The molecule has 19 heavy (non-hydrogen) atoms. The van der Waals surface area contributed by atoms with Crippen LogP contribution in [0.3, 0.4) is 0 Å². The van der Waals surface area contributed by atoms with E-state index in [2.05, 4.69) is 22.0 Å². The maximum absolute atomic E-state index is 11.8. The summed E-state index contributed by atoms with van der Waals surface area (Å²) in [7, 11) is 0. The molecule has 6 nitrogen and oxygen atoms in total. The minimum atomic E-state index is -0.563. The number of hydrogen-bond acceptors (Lipinski definition) is 6. The summed E-state index contributed by atoms with van der Waals surface area (Å²) in [6.07, 6.45) is 5.47. The number of unbranched alkanes of at least 4 members (excludes halogenated alkanes) is 3. The van der Waals surface area contributed by atoms with E-state index < -0.39 is 5.97 Å². The van der Waals surface area contributed by atoms with Gasteiger partial charge in [0.05, 0.1) is 12.8 Å². The molecular formula is C12H14ClN3O3. The topological polar surface area (TPSA) is 78.1 Å². The Balaban J connectivity index is 1.99. The maximum Gasteiger partial charge on any atom is 0.362 e. The van der Waals surface area contributed by atoms with Crippen LogP contribution in [0.25, 0.3) is 11.2 Å². The molecule has 0 aliphatic carbocycles. The summed E-state index contributed by atoms with van der Waals surface area (Å²) in [6.45, 7) is 2.48. The van der Waals surface area contributed by atoms with Crippen LogP contribution in [-0.2, 0) is 4.74 Å². The van der Waals surface area contributed by atoms with Gasteiger partial charge in [0, 0.05) is 0 Å². The molecule has 0 amide bonds. The first-order chi connectivity index (χ1) is 9.22. The van der Waals surface area contributed by atoms with Gasteiger partial charge in [-0.1, -0.05) is 42.9 Å². The molecular weight excluding hydrogens is 270 g/mol. The van der Waals surface area contributed by atoms with Gasteiger partial charge in [0.25, 0.3) is 5.71 Å². The molecule has 0 fully saturated rings. The average molecular weight is 284 g/mol.